The van der Waals surface area contributed by atoms with E-state index in [9.17, 15) is 4.39 Å². The van der Waals surface area contributed by atoms with Crippen molar-refractivity contribution in [2.45, 2.75) is 6.92 Å². The average molecular weight is 195 g/mol. The molecule has 0 saturated carbocycles. The molecule has 0 bridgehead atoms. The van der Waals surface area contributed by atoms with Gasteiger partial charge in [0.25, 0.3) is 0 Å². The largest absolute Gasteiger partial charge is 0.462 e. The molecule has 2 aromatic rings. The molecule has 4 nitrogen and oxygen atoms in total. The Bertz CT molecular complexity index is 472. The van der Waals surface area contributed by atoms with Gasteiger partial charge in [-0.1, -0.05) is 0 Å². The first-order valence-corrected chi connectivity index (χ1v) is 4.13. The molecule has 0 aromatic carbocycles. The minimum atomic E-state index is -0.540. The van der Waals surface area contributed by atoms with Gasteiger partial charge in [0, 0.05) is 7.05 Å². The molecule has 2 rings (SSSR count). The van der Waals surface area contributed by atoms with Crippen LogP contribution in [0.25, 0.3) is 11.5 Å². The number of nitrogens with two attached hydrogens (primary N) is 1. The molecule has 2 heterocycles. The number of halogens is 1. The lowest BCUT2D eigenvalue weighted by atomic mass is 10.3. The van der Waals surface area contributed by atoms with E-state index in [1.165, 1.54) is 4.68 Å². The average Bonchev–Trinajstić information content (AvgIpc) is 2.66. The summed E-state index contributed by atoms with van der Waals surface area (Å²) >= 11 is 0. The molecule has 74 valence electrons. The Morgan fingerprint density at radius 1 is 1.57 bits per heavy atom. The van der Waals surface area contributed by atoms with Crippen LogP contribution in [0.15, 0.2) is 16.7 Å². The molecule has 0 aliphatic carbocycles. The molecule has 0 fully saturated rings. The molecule has 0 spiro atoms. The van der Waals surface area contributed by atoms with Gasteiger partial charge in [0.2, 0.25) is 0 Å². The Morgan fingerprint density at radius 2 is 2.29 bits per heavy atom. The van der Waals surface area contributed by atoms with Crippen LogP contribution in [0.1, 0.15) is 5.56 Å². The number of rotatable bonds is 1. The van der Waals surface area contributed by atoms with Gasteiger partial charge in [-0.3, -0.25) is 0 Å². The van der Waals surface area contributed by atoms with Crippen molar-refractivity contribution < 1.29 is 8.81 Å². The van der Waals surface area contributed by atoms with Gasteiger partial charge in [-0.2, -0.15) is 5.10 Å². The van der Waals surface area contributed by atoms with Crippen molar-refractivity contribution in [1.29, 1.82) is 0 Å². The van der Waals surface area contributed by atoms with Gasteiger partial charge in [0.05, 0.1) is 6.26 Å². The van der Waals surface area contributed by atoms with Crippen LogP contribution in [0.2, 0.25) is 0 Å². The number of aryl methyl sites for hydroxylation is 2. The summed E-state index contributed by atoms with van der Waals surface area (Å²) in [6, 6.07) is 1.71. The highest BCUT2D eigenvalue weighted by Crippen LogP contribution is 2.26. The topological polar surface area (TPSA) is 57.0 Å². The first kappa shape index (κ1) is 8.80. The molecule has 2 aromatic heterocycles. The highest BCUT2D eigenvalue weighted by molar-refractivity contribution is 5.58. The standard InChI is InChI=1S/C9H10FN3O/c1-5-3-6(14-4-5)8-7(10)9(11)13(2)12-8/h3-4H,11H2,1-2H3. The molecular weight excluding hydrogens is 185 g/mol. The van der Waals surface area contributed by atoms with Crippen LogP contribution in [-0.2, 0) is 7.05 Å². The summed E-state index contributed by atoms with van der Waals surface area (Å²) in [5, 5.41) is 3.92. The van der Waals surface area contributed by atoms with Gasteiger partial charge in [-0.25, -0.2) is 9.07 Å². The van der Waals surface area contributed by atoms with Crippen LogP contribution in [0, 0.1) is 12.7 Å². The Kier molecular flexibility index (Phi) is 1.80. The molecule has 0 saturated heterocycles. The highest BCUT2D eigenvalue weighted by Gasteiger charge is 2.17. The van der Waals surface area contributed by atoms with Crippen LogP contribution < -0.4 is 5.73 Å². The minimum absolute atomic E-state index is 0.00838. The summed E-state index contributed by atoms with van der Waals surface area (Å²) in [5.41, 5.74) is 6.50. The lowest BCUT2D eigenvalue weighted by Gasteiger charge is -1.88. The number of nitrogens with zero attached hydrogens (tertiary/aromatic N) is 2. The zero-order chi connectivity index (χ0) is 10.3. The third kappa shape index (κ3) is 1.17. The SMILES string of the molecule is Cc1coc(-c2nn(C)c(N)c2F)c1. The van der Waals surface area contributed by atoms with Gasteiger partial charge in [-0.05, 0) is 18.6 Å². The summed E-state index contributed by atoms with van der Waals surface area (Å²) in [5.74, 6) is -0.136. The molecule has 0 atom stereocenters. The Labute approximate surface area is 80.1 Å². The van der Waals surface area contributed by atoms with Crippen molar-refractivity contribution in [2.24, 2.45) is 7.05 Å². The maximum atomic E-state index is 13.4. The molecule has 5 heteroatoms. The van der Waals surface area contributed by atoms with Crippen molar-refractivity contribution in [1.82, 2.24) is 9.78 Å². The quantitative estimate of drug-likeness (QED) is 0.753. The monoisotopic (exact) mass is 195 g/mol. The Morgan fingerprint density at radius 3 is 2.71 bits per heavy atom. The van der Waals surface area contributed by atoms with Crippen LogP contribution >= 0.6 is 0 Å². The zero-order valence-electron chi connectivity index (χ0n) is 7.91. The van der Waals surface area contributed by atoms with Crippen LogP contribution in [0.5, 0.6) is 0 Å². The number of hydrogen-bond acceptors (Lipinski definition) is 3. The van der Waals surface area contributed by atoms with E-state index < -0.39 is 5.82 Å². The maximum Gasteiger partial charge on any atom is 0.196 e. The number of aromatic nitrogens is 2. The third-order valence-corrected chi connectivity index (χ3v) is 2.00. The Hall–Kier alpha value is -1.78. The number of furan rings is 1. The van der Waals surface area contributed by atoms with Crippen molar-refractivity contribution in [3.05, 3.63) is 23.7 Å². The third-order valence-electron chi connectivity index (χ3n) is 2.00. The second-order valence-electron chi connectivity index (χ2n) is 3.16. The molecular formula is C9H10FN3O. The summed E-state index contributed by atoms with van der Waals surface area (Å²) in [4.78, 5) is 0. The van der Waals surface area contributed by atoms with E-state index in [0.717, 1.165) is 5.56 Å². The van der Waals surface area contributed by atoms with E-state index in [-0.39, 0.29) is 11.5 Å². The first-order chi connectivity index (χ1) is 6.59. The van der Waals surface area contributed by atoms with Crippen LogP contribution in [-0.4, -0.2) is 9.78 Å². The van der Waals surface area contributed by atoms with Gasteiger partial charge in [-0.15, -0.1) is 0 Å². The van der Waals surface area contributed by atoms with E-state index in [1.807, 2.05) is 6.92 Å². The number of nitrogen functional groups attached to an aromatic ring is 1. The fourth-order valence-electron chi connectivity index (χ4n) is 1.22. The normalized spacial score (nSPS) is 10.8. The van der Waals surface area contributed by atoms with Crippen molar-refractivity contribution in [3.63, 3.8) is 0 Å². The van der Waals surface area contributed by atoms with Crippen LogP contribution in [0.3, 0.4) is 0 Å². The highest BCUT2D eigenvalue weighted by atomic mass is 19.1. The maximum absolute atomic E-state index is 13.4. The van der Waals surface area contributed by atoms with Crippen molar-refractivity contribution >= 4 is 5.82 Å². The lowest BCUT2D eigenvalue weighted by Crippen LogP contribution is -1.97. The Balaban J connectivity index is 2.57. The fourth-order valence-corrected chi connectivity index (χ4v) is 1.22. The molecule has 0 amide bonds. The van der Waals surface area contributed by atoms with Crippen LogP contribution in [0.4, 0.5) is 10.2 Å². The summed E-state index contributed by atoms with van der Waals surface area (Å²) in [6.07, 6.45) is 1.54. The fraction of sp³-hybridized carbons (Fsp3) is 0.222. The summed E-state index contributed by atoms with van der Waals surface area (Å²) < 4.78 is 19.9. The summed E-state index contributed by atoms with van der Waals surface area (Å²) in [7, 11) is 1.58. The van der Waals surface area contributed by atoms with E-state index in [0.29, 0.717) is 5.76 Å². The van der Waals surface area contributed by atoms with Gasteiger partial charge < -0.3 is 10.2 Å². The molecule has 2 N–H and O–H groups in total. The lowest BCUT2D eigenvalue weighted by molar-refractivity contribution is 0.566. The first-order valence-electron chi connectivity index (χ1n) is 4.13. The molecule has 14 heavy (non-hydrogen) atoms. The van der Waals surface area contributed by atoms with Crippen molar-refractivity contribution in [3.8, 4) is 11.5 Å². The van der Waals surface area contributed by atoms with Gasteiger partial charge >= 0.3 is 0 Å². The minimum Gasteiger partial charge on any atom is -0.462 e. The van der Waals surface area contributed by atoms with Crippen molar-refractivity contribution in [2.75, 3.05) is 5.73 Å². The molecule has 0 aliphatic rings. The van der Waals surface area contributed by atoms with E-state index >= 15 is 0 Å². The smallest absolute Gasteiger partial charge is 0.196 e. The number of hydrogen-bond donors (Lipinski definition) is 1. The van der Waals surface area contributed by atoms with Gasteiger partial charge in [0.1, 0.15) is 0 Å². The zero-order valence-corrected chi connectivity index (χ0v) is 7.91. The second-order valence-corrected chi connectivity index (χ2v) is 3.16. The van der Waals surface area contributed by atoms with E-state index in [4.69, 9.17) is 10.2 Å². The summed E-state index contributed by atoms with van der Waals surface area (Å²) in [6.45, 7) is 1.86. The number of anilines is 1. The second kappa shape index (κ2) is 2.87. The predicted octanol–water partition coefficient (Wildman–Crippen LogP) is 1.71. The predicted molar refractivity (Wildman–Crippen MR) is 50.0 cm³/mol. The molecule has 0 radical (unpaired) electrons. The van der Waals surface area contributed by atoms with E-state index in [1.54, 1.807) is 19.4 Å². The molecule has 0 aliphatic heterocycles. The van der Waals surface area contributed by atoms with Gasteiger partial charge in [0.15, 0.2) is 23.1 Å². The van der Waals surface area contributed by atoms with E-state index in [2.05, 4.69) is 5.10 Å². The molecule has 0 unspecified atom stereocenters.